The number of halogens is 1. The van der Waals surface area contributed by atoms with E-state index in [1.807, 2.05) is 6.07 Å². The minimum Gasteiger partial charge on any atom is -0.432 e. The van der Waals surface area contributed by atoms with Crippen LogP contribution in [0.15, 0.2) is 35.1 Å². The molecule has 2 rings (SSSR count). The highest BCUT2D eigenvalue weighted by Crippen LogP contribution is 2.36. The third kappa shape index (κ3) is 2.79. The second-order valence-electron chi connectivity index (χ2n) is 3.42. The van der Waals surface area contributed by atoms with Crippen LogP contribution in [-0.2, 0) is 0 Å². The van der Waals surface area contributed by atoms with Crippen LogP contribution in [0.5, 0.6) is 11.6 Å². The van der Waals surface area contributed by atoms with E-state index in [0.717, 1.165) is 0 Å². The Kier molecular flexibility index (Phi) is 3.91. The van der Waals surface area contributed by atoms with Crippen LogP contribution in [0.1, 0.15) is 0 Å². The Hall–Kier alpha value is -2.22. The quantitative estimate of drug-likeness (QED) is 0.686. The van der Waals surface area contributed by atoms with Crippen molar-refractivity contribution in [2.75, 3.05) is 12.4 Å². The molecule has 8 heteroatoms. The Morgan fingerprint density at radius 1 is 1.37 bits per heavy atom. The molecule has 0 radical (unpaired) electrons. The molecule has 0 aliphatic rings. The van der Waals surface area contributed by atoms with Crippen LogP contribution in [0.4, 0.5) is 11.5 Å². The summed E-state index contributed by atoms with van der Waals surface area (Å²) < 4.78 is 6.14. The second kappa shape index (κ2) is 5.61. The normalized spacial score (nSPS) is 10.0. The molecule has 1 N–H and O–H groups in total. The van der Waals surface area contributed by atoms with E-state index in [0.29, 0.717) is 10.2 Å². The van der Waals surface area contributed by atoms with E-state index in [2.05, 4.69) is 31.2 Å². The predicted octanol–water partition coefficient (Wildman–Crippen LogP) is 2.98. The molecule has 0 bridgehead atoms. The Bertz CT molecular complexity index is 621. The third-order valence-corrected chi connectivity index (χ3v) is 2.91. The molecule has 0 aliphatic heterocycles. The molecule has 0 unspecified atom stereocenters. The first kappa shape index (κ1) is 13.2. The molecule has 98 valence electrons. The summed E-state index contributed by atoms with van der Waals surface area (Å²) in [7, 11) is 1.54. The molecule has 0 amide bonds. The Morgan fingerprint density at radius 2 is 2.11 bits per heavy atom. The first-order valence-corrected chi connectivity index (χ1v) is 6.02. The number of hydrogen-bond acceptors (Lipinski definition) is 6. The number of benzene rings is 1. The fourth-order valence-electron chi connectivity index (χ4n) is 1.42. The van der Waals surface area contributed by atoms with Crippen LogP contribution in [0.2, 0.25) is 0 Å². The molecule has 2 aromatic rings. The summed E-state index contributed by atoms with van der Waals surface area (Å²) in [5.74, 6) is 0.421. The summed E-state index contributed by atoms with van der Waals surface area (Å²) >= 11 is 3.30. The van der Waals surface area contributed by atoms with E-state index in [9.17, 15) is 10.1 Å². The topological polar surface area (TPSA) is 90.2 Å². The van der Waals surface area contributed by atoms with Crippen molar-refractivity contribution in [3.8, 4) is 11.6 Å². The Labute approximate surface area is 116 Å². The van der Waals surface area contributed by atoms with Crippen LogP contribution in [-0.4, -0.2) is 21.9 Å². The van der Waals surface area contributed by atoms with Crippen molar-refractivity contribution in [3.05, 3.63) is 45.2 Å². The van der Waals surface area contributed by atoms with Crippen LogP contribution in [0.3, 0.4) is 0 Å². The maximum absolute atomic E-state index is 11.1. The number of ether oxygens (including phenoxy) is 1. The molecule has 0 spiro atoms. The molecule has 0 saturated carbocycles. The lowest BCUT2D eigenvalue weighted by atomic mass is 10.3. The SMILES string of the molecule is CNc1ncnc(Oc2ccccc2Br)c1[N+](=O)[O-]. The molecular weight excluding hydrogens is 316 g/mol. The van der Waals surface area contributed by atoms with Crippen LogP contribution < -0.4 is 10.1 Å². The number of aromatic nitrogens is 2. The summed E-state index contributed by atoms with van der Waals surface area (Å²) in [6.45, 7) is 0. The molecule has 1 heterocycles. The van der Waals surface area contributed by atoms with E-state index in [1.165, 1.54) is 13.4 Å². The van der Waals surface area contributed by atoms with E-state index in [-0.39, 0.29) is 17.4 Å². The first-order chi connectivity index (χ1) is 9.13. The van der Waals surface area contributed by atoms with Gasteiger partial charge in [0.15, 0.2) is 0 Å². The van der Waals surface area contributed by atoms with Gasteiger partial charge in [-0.15, -0.1) is 0 Å². The standard InChI is InChI=1S/C11H9BrN4O3/c1-13-10-9(16(17)18)11(15-6-14-10)19-8-5-3-2-4-7(8)12/h2-6H,1H3,(H,13,14,15). The number of para-hydroxylation sites is 1. The minimum absolute atomic E-state index is 0.0991. The maximum Gasteiger partial charge on any atom is 0.373 e. The van der Waals surface area contributed by atoms with Gasteiger partial charge in [-0.25, -0.2) is 4.98 Å². The van der Waals surface area contributed by atoms with Crippen molar-refractivity contribution in [2.45, 2.75) is 0 Å². The predicted molar refractivity (Wildman–Crippen MR) is 72.4 cm³/mol. The van der Waals surface area contributed by atoms with Gasteiger partial charge in [-0.1, -0.05) is 12.1 Å². The first-order valence-electron chi connectivity index (χ1n) is 5.23. The highest BCUT2D eigenvalue weighted by Gasteiger charge is 2.24. The molecule has 7 nitrogen and oxygen atoms in total. The summed E-state index contributed by atoms with van der Waals surface area (Å²) in [6, 6.07) is 7.01. The smallest absolute Gasteiger partial charge is 0.373 e. The summed E-state index contributed by atoms with van der Waals surface area (Å²) in [6.07, 6.45) is 1.20. The zero-order chi connectivity index (χ0) is 13.8. The zero-order valence-corrected chi connectivity index (χ0v) is 11.4. The Balaban J connectivity index is 2.46. The summed E-state index contributed by atoms with van der Waals surface area (Å²) in [5.41, 5.74) is -0.305. The molecule has 0 atom stereocenters. The van der Waals surface area contributed by atoms with Gasteiger partial charge in [-0.3, -0.25) is 10.1 Å². The molecule has 0 saturated heterocycles. The molecular formula is C11H9BrN4O3. The highest BCUT2D eigenvalue weighted by molar-refractivity contribution is 9.10. The number of nitrogens with one attached hydrogen (secondary N) is 1. The van der Waals surface area contributed by atoms with Gasteiger partial charge in [0.25, 0.3) is 0 Å². The molecule has 0 aliphatic carbocycles. The van der Waals surface area contributed by atoms with E-state index >= 15 is 0 Å². The third-order valence-electron chi connectivity index (χ3n) is 2.25. The van der Waals surface area contributed by atoms with Gasteiger partial charge >= 0.3 is 11.6 Å². The van der Waals surface area contributed by atoms with Crippen LogP contribution in [0.25, 0.3) is 0 Å². The van der Waals surface area contributed by atoms with Gasteiger partial charge in [-0.05, 0) is 28.1 Å². The largest absolute Gasteiger partial charge is 0.432 e. The van der Waals surface area contributed by atoms with E-state index in [4.69, 9.17) is 4.74 Å². The highest BCUT2D eigenvalue weighted by atomic mass is 79.9. The Morgan fingerprint density at radius 3 is 2.74 bits per heavy atom. The van der Waals surface area contributed by atoms with Gasteiger partial charge < -0.3 is 10.1 Å². The number of rotatable bonds is 4. The van der Waals surface area contributed by atoms with E-state index < -0.39 is 4.92 Å². The fraction of sp³-hybridized carbons (Fsp3) is 0.0909. The van der Waals surface area contributed by atoms with E-state index in [1.54, 1.807) is 18.2 Å². The lowest BCUT2D eigenvalue weighted by molar-refractivity contribution is -0.385. The average molecular weight is 325 g/mol. The molecule has 1 aromatic carbocycles. The number of anilines is 1. The van der Waals surface area contributed by atoms with Gasteiger partial charge in [0, 0.05) is 7.05 Å². The van der Waals surface area contributed by atoms with Crippen LogP contribution >= 0.6 is 15.9 Å². The minimum atomic E-state index is -0.585. The number of hydrogen-bond donors (Lipinski definition) is 1. The molecule has 19 heavy (non-hydrogen) atoms. The van der Waals surface area contributed by atoms with Crippen molar-refractivity contribution < 1.29 is 9.66 Å². The van der Waals surface area contributed by atoms with Crippen molar-refractivity contribution >= 4 is 27.4 Å². The zero-order valence-electron chi connectivity index (χ0n) is 9.83. The number of nitro groups is 1. The second-order valence-corrected chi connectivity index (χ2v) is 4.27. The van der Waals surface area contributed by atoms with Crippen molar-refractivity contribution in [1.82, 2.24) is 9.97 Å². The fourth-order valence-corrected chi connectivity index (χ4v) is 1.78. The van der Waals surface area contributed by atoms with Crippen LogP contribution in [0, 0.1) is 10.1 Å². The molecule has 1 aromatic heterocycles. The average Bonchev–Trinajstić information content (AvgIpc) is 2.40. The van der Waals surface area contributed by atoms with Crippen molar-refractivity contribution in [3.63, 3.8) is 0 Å². The van der Waals surface area contributed by atoms with Gasteiger partial charge in [0.1, 0.15) is 12.1 Å². The van der Waals surface area contributed by atoms with Crippen molar-refractivity contribution in [1.29, 1.82) is 0 Å². The monoisotopic (exact) mass is 324 g/mol. The lowest BCUT2D eigenvalue weighted by Crippen LogP contribution is -2.03. The van der Waals surface area contributed by atoms with Crippen molar-refractivity contribution in [2.24, 2.45) is 0 Å². The molecule has 0 fully saturated rings. The lowest BCUT2D eigenvalue weighted by Gasteiger charge is -2.08. The van der Waals surface area contributed by atoms with Gasteiger partial charge in [0.05, 0.1) is 9.40 Å². The summed E-state index contributed by atoms with van der Waals surface area (Å²) in [5, 5.41) is 13.7. The summed E-state index contributed by atoms with van der Waals surface area (Å²) in [4.78, 5) is 18.1. The van der Waals surface area contributed by atoms with Gasteiger partial charge in [-0.2, -0.15) is 4.98 Å². The number of nitrogens with zero attached hydrogens (tertiary/aromatic N) is 3. The maximum atomic E-state index is 11.1. The van der Waals surface area contributed by atoms with Gasteiger partial charge in [0.2, 0.25) is 5.82 Å².